The molecule has 2 aliphatic rings. The van der Waals surface area contributed by atoms with Gasteiger partial charge in [-0.15, -0.1) is 0 Å². The van der Waals surface area contributed by atoms with E-state index >= 15 is 0 Å². The third kappa shape index (κ3) is 3.11. The van der Waals surface area contributed by atoms with Gasteiger partial charge in [-0.25, -0.2) is 4.68 Å². The van der Waals surface area contributed by atoms with Gasteiger partial charge in [-0.05, 0) is 51.1 Å². The van der Waals surface area contributed by atoms with E-state index in [1.54, 1.807) is 16.9 Å². The first-order chi connectivity index (χ1) is 11.7. The largest absolute Gasteiger partial charge is 0.293 e. The number of fused-ring (bicyclic) bond motifs is 1. The summed E-state index contributed by atoms with van der Waals surface area (Å²) >= 11 is 0. The zero-order valence-electron chi connectivity index (χ0n) is 14.1. The van der Waals surface area contributed by atoms with Gasteiger partial charge in [-0.3, -0.25) is 19.7 Å². The zero-order chi connectivity index (χ0) is 16.5. The fraction of sp³-hybridized carbons (Fsp3) is 0.556. The van der Waals surface area contributed by atoms with Crippen LogP contribution >= 0.6 is 0 Å². The van der Waals surface area contributed by atoms with Crippen molar-refractivity contribution in [3.63, 3.8) is 0 Å². The first kappa shape index (κ1) is 15.4. The maximum absolute atomic E-state index is 12.3. The molecule has 1 aliphatic carbocycles. The molecule has 0 aromatic carbocycles. The lowest BCUT2D eigenvalue weighted by Gasteiger charge is -2.24. The summed E-state index contributed by atoms with van der Waals surface area (Å²) in [5, 5.41) is 4.62. The van der Waals surface area contributed by atoms with Crippen LogP contribution in [-0.2, 0) is 25.9 Å². The van der Waals surface area contributed by atoms with Crippen molar-refractivity contribution in [3.05, 3.63) is 51.5 Å². The van der Waals surface area contributed by atoms with Crippen molar-refractivity contribution in [2.24, 2.45) is 0 Å². The van der Waals surface area contributed by atoms with E-state index in [9.17, 15) is 4.79 Å². The molecule has 0 saturated carbocycles. The predicted molar refractivity (Wildman–Crippen MR) is 90.7 cm³/mol. The summed E-state index contributed by atoms with van der Waals surface area (Å²) in [4.78, 5) is 23.5. The molecular weight excluding hydrogens is 302 g/mol. The SMILES string of the molecule is Cc1cncc(CN2CCCC2Cn2nc3c(cc2=O)CCC3)n1. The number of aromatic nitrogens is 4. The zero-order valence-corrected chi connectivity index (χ0v) is 14.1. The fourth-order valence-electron chi connectivity index (χ4n) is 3.88. The predicted octanol–water partition coefficient (Wildman–Crippen LogP) is 1.50. The van der Waals surface area contributed by atoms with Gasteiger partial charge >= 0.3 is 0 Å². The minimum atomic E-state index is 0.0397. The summed E-state index contributed by atoms with van der Waals surface area (Å²) in [7, 11) is 0. The molecule has 1 atom stereocenters. The molecule has 6 heteroatoms. The molecule has 2 aromatic rings. The van der Waals surface area contributed by atoms with Crippen molar-refractivity contribution in [2.75, 3.05) is 6.54 Å². The highest BCUT2D eigenvalue weighted by molar-refractivity contribution is 5.22. The Kier molecular flexibility index (Phi) is 4.14. The normalized spacial score (nSPS) is 20.5. The molecule has 3 heterocycles. The Balaban J connectivity index is 1.50. The Labute approximate surface area is 141 Å². The maximum atomic E-state index is 12.3. The lowest BCUT2D eigenvalue weighted by atomic mass is 10.2. The average Bonchev–Trinajstić information content (AvgIpc) is 3.17. The number of aryl methyl sites for hydroxylation is 3. The number of likely N-dealkylation sites (tertiary alicyclic amines) is 1. The molecule has 24 heavy (non-hydrogen) atoms. The standard InChI is InChI=1S/C18H23N5O/c1-13-9-19-10-15(20-13)11-22-7-3-5-16(22)12-23-18(24)8-14-4-2-6-17(14)21-23/h8-10,16H,2-7,11-12H2,1H3. The van der Waals surface area contributed by atoms with Crippen molar-refractivity contribution in [1.82, 2.24) is 24.6 Å². The van der Waals surface area contributed by atoms with E-state index in [0.717, 1.165) is 67.8 Å². The van der Waals surface area contributed by atoms with Gasteiger partial charge in [0, 0.05) is 31.0 Å². The minimum Gasteiger partial charge on any atom is -0.293 e. The minimum absolute atomic E-state index is 0.0397. The molecule has 1 aliphatic heterocycles. The van der Waals surface area contributed by atoms with Crippen LogP contribution < -0.4 is 5.56 Å². The molecule has 126 valence electrons. The Morgan fingerprint density at radius 3 is 3.04 bits per heavy atom. The second kappa shape index (κ2) is 6.43. The molecule has 4 rings (SSSR count). The highest BCUT2D eigenvalue weighted by Gasteiger charge is 2.26. The summed E-state index contributed by atoms with van der Waals surface area (Å²) in [5.74, 6) is 0. The van der Waals surface area contributed by atoms with Crippen molar-refractivity contribution >= 4 is 0 Å². The highest BCUT2D eigenvalue weighted by atomic mass is 16.1. The van der Waals surface area contributed by atoms with Gasteiger partial charge < -0.3 is 0 Å². The Morgan fingerprint density at radius 1 is 1.25 bits per heavy atom. The lowest BCUT2D eigenvalue weighted by molar-refractivity contribution is 0.213. The van der Waals surface area contributed by atoms with Gasteiger partial charge in [-0.1, -0.05) is 0 Å². The Hall–Kier alpha value is -2.08. The quantitative estimate of drug-likeness (QED) is 0.852. The van der Waals surface area contributed by atoms with Crippen LogP contribution in [0.15, 0.2) is 23.3 Å². The second-order valence-corrected chi connectivity index (χ2v) is 6.91. The van der Waals surface area contributed by atoms with Crippen molar-refractivity contribution < 1.29 is 0 Å². The van der Waals surface area contributed by atoms with Crippen LogP contribution in [0.4, 0.5) is 0 Å². The maximum Gasteiger partial charge on any atom is 0.267 e. The van der Waals surface area contributed by atoms with Gasteiger partial charge in [0.2, 0.25) is 0 Å². The summed E-state index contributed by atoms with van der Waals surface area (Å²) in [6.07, 6.45) is 8.99. The van der Waals surface area contributed by atoms with E-state index in [4.69, 9.17) is 0 Å². The van der Waals surface area contributed by atoms with E-state index in [0.29, 0.717) is 12.6 Å². The number of rotatable bonds is 4. The van der Waals surface area contributed by atoms with E-state index < -0.39 is 0 Å². The number of nitrogens with zero attached hydrogens (tertiary/aromatic N) is 5. The van der Waals surface area contributed by atoms with E-state index in [1.807, 2.05) is 13.1 Å². The first-order valence-corrected chi connectivity index (χ1v) is 8.80. The number of hydrogen-bond donors (Lipinski definition) is 0. The van der Waals surface area contributed by atoms with Crippen molar-refractivity contribution in [3.8, 4) is 0 Å². The molecule has 0 amide bonds. The molecule has 0 radical (unpaired) electrons. The molecule has 1 unspecified atom stereocenters. The van der Waals surface area contributed by atoms with Crippen LogP contribution in [0.2, 0.25) is 0 Å². The molecular formula is C18H23N5O. The van der Waals surface area contributed by atoms with Crippen molar-refractivity contribution in [1.29, 1.82) is 0 Å². The van der Waals surface area contributed by atoms with Gasteiger partial charge in [0.15, 0.2) is 0 Å². The smallest absolute Gasteiger partial charge is 0.267 e. The van der Waals surface area contributed by atoms with E-state index in [2.05, 4.69) is 20.0 Å². The summed E-state index contributed by atoms with van der Waals surface area (Å²) in [5.41, 5.74) is 4.24. The lowest BCUT2D eigenvalue weighted by Crippen LogP contribution is -2.37. The van der Waals surface area contributed by atoms with Crippen LogP contribution in [-0.4, -0.2) is 37.2 Å². The molecule has 1 fully saturated rings. The Bertz CT molecular complexity index is 800. The summed E-state index contributed by atoms with van der Waals surface area (Å²) < 4.78 is 1.68. The summed E-state index contributed by atoms with van der Waals surface area (Å²) in [6.45, 7) is 4.47. The highest BCUT2D eigenvalue weighted by Crippen LogP contribution is 2.21. The molecule has 0 N–H and O–H groups in total. The van der Waals surface area contributed by atoms with E-state index in [-0.39, 0.29) is 5.56 Å². The molecule has 2 aromatic heterocycles. The molecule has 1 saturated heterocycles. The van der Waals surface area contributed by atoms with Crippen LogP contribution in [0.5, 0.6) is 0 Å². The third-order valence-electron chi connectivity index (χ3n) is 5.08. The third-order valence-corrected chi connectivity index (χ3v) is 5.08. The summed E-state index contributed by atoms with van der Waals surface area (Å²) in [6, 6.07) is 2.14. The molecule has 0 spiro atoms. The topological polar surface area (TPSA) is 63.9 Å². The van der Waals surface area contributed by atoms with Crippen LogP contribution in [0.1, 0.15) is 41.9 Å². The fourth-order valence-corrected chi connectivity index (χ4v) is 3.88. The Morgan fingerprint density at radius 2 is 2.17 bits per heavy atom. The van der Waals surface area contributed by atoms with Crippen LogP contribution in [0, 0.1) is 6.92 Å². The number of hydrogen-bond acceptors (Lipinski definition) is 5. The van der Waals surface area contributed by atoms with Gasteiger partial charge in [0.05, 0.1) is 23.6 Å². The average molecular weight is 325 g/mol. The monoisotopic (exact) mass is 325 g/mol. The van der Waals surface area contributed by atoms with Crippen LogP contribution in [0.3, 0.4) is 0 Å². The second-order valence-electron chi connectivity index (χ2n) is 6.91. The first-order valence-electron chi connectivity index (χ1n) is 8.80. The van der Waals surface area contributed by atoms with Gasteiger partial charge in [0.1, 0.15) is 0 Å². The van der Waals surface area contributed by atoms with Crippen LogP contribution in [0.25, 0.3) is 0 Å². The van der Waals surface area contributed by atoms with E-state index in [1.165, 1.54) is 0 Å². The van der Waals surface area contributed by atoms with Crippen molar-refractivity contribution in [2.45, 2.75) is 58.2 Å². The van der Waals surface area contributed by atoms with Gasteiger partial charge in [0.25, 0.3) is 5.56 Å². The molecule has 6 nitrogen and oxygen atoms in total. The molecule has 0 bridgehead atoms. The van der Waals surface area contributed by atoms with Gasteiger partial charge in [-0.2, -0.15) is 5.10 Å².